The van der Waals surface area contributed by atoms with Gasteiger partial charge in [0.25, 0.3) is 0 Å². The molecule has 3 heteroatoms. The van der Waals surface area contributed by atoms with Gasteiger partial charge in [-0.05, 0) is 11.4 Å². The average Bonchev–Trinajstić information content (AvgIpc) is 2.66. The maximum Gasteiger partial charge on any atom is 0.225 e. The van der Waals surface area contributed by atoms with Crippen molar-refractivity contribution in [1.82, 2.24) is 4.90 Å². The first kappa shape index (κ1) is 11.6. The molecule has 2 nitrogen and oxygen atoms in total. The molecule has 1 fully saturated rings. The van der Waals surface area contributed by atoms with Crippen LogP contribution in [0.2, 0.25) is 0 Å². The van der Waals surface area contributed by atoms with Gasteiger partial charge in [0.05, 0.1) is 6.04 Å². The first-order valence-electron chi connectivity index (χ1n) is 5.77. The van der Waals surface area contributed by atoms with E-state index in [0.717, 1.165) is 6.54 Å². The van der Waals surface area contributed by atoms with E-state index >= 15 is 0 Å². The summed E-state index contributed by atoms with van der Waals surface area (Å²) in [5.74, 6) is 0.372. The summed E-state index contributed by atoms with van der Waals surface area (Å²) < 4.78 is 0. The molecule has 1 aromatic heterocycles. The fourth-order valence-corrected chi connectivity index (χ4v) is 3.50. The molecule has 88 valence electrons. The predicted molar refractivity (Wildman–Crippen MR) is 67.4 cm³/mol. The number of hydrogen-bond donors (Lipinski definition) is 0. The molecule has 1 atom stereocenters. The van der Waals surface area contributed by atoms with E-state index in [1.165, 1.54) is 4.88 Å². The minimum absolute atomic E-state index is 0.0959. The number of nitrogens with zero attached hydrogens (tertiary/aromatic N) is 1. The van der Waals surface area contributed by atoms with Crippen LogP contribution in [-0.2, 0) is 4.79 Å². The Bertz CT molecular complexity index is 381. The molecule has 0 N–H and O–H groups in total. The molecule has 0 bridgehead atoms. The van der Waals surface area contributed by atoms with Crippen LogP contribution in [0.25, 0.3) is 0 Å². The number of amides is 1. The Morgan fingerprint density at radius 1 is 1.56 bits per heavy atom. The van der Waals surface area contributed by atoms with Crippen molar-refractivity contribution in [3.05, 3.63) is 22.4 Å². The lowest BCUT2D eigenvalue weighted by atomic mass is 9.73. The van der Waals surface area contributed by atoms with E-state index in [2.05, 4.69) is 31.4 Å². The standard InChI is InChI=1S/C13H19NOS/c1-9(2)12(15)14-8-13(3,4)11(14)10-6-5-7-16-10/h5-7,9,11H,8H2,1-4H3. The van der Waals surface area contributed by atoms with Crippen LogP contribution in [0.15, 0.2) is 17.5 Å². The van der Waals surface area contributed by atoms with Gasteiger partial charge in [0.15, 0.2) is 0 Å². The van der Waals surface area contributed by atoms with E-state index in [4.69, 9.17) is 0 Å². The van der Waals surface area contributed by atoms with Crippen molar-refractivity contribution in [1.29, 1.82) is 0 Å². The number of rotatable bonds is 2. The van der Waals surface area contributed by atoms with Gasteiger partial charge in [-0.25, -0.2) is 0 Å². The lowest BCUT2D eigenvalue weighted by molar-refractivity contribution is -0.155. The van der Waals surface area contributed by atoms with Crippen molar-refractivity contribution in [3.8, 4) is 0 Å². The number of thiophene rings is 1. The molecule has 1 saturated heterocycles. The molecule has 0 aliphatic carbocycles. The van der Waals surface area contributed by atoms with Gasteiger partial charge >= 0.3 is 0 Å². The van der Waals surface area contributed by atoms with E-state index in [0.29, 0.717) is 0 Å². The van der Waals surface area contributed by atoms with Crippen molar-refractivity contribution in [2.24, 2.45) is 11.3 Å². The summed E-state index contributed by atoms with van der Waals surface area (Å²) in [6, 6.07) is 4.48. The van der Waals surface area contributed by atoms with Gasteiger partial charge in [-0.15, -0.1) is 11.3 Å². The summed E-state index contributed by atoms with van der Waals surface area (Å²) in [5, 5.41) is 2.09. The van der Waals surface area contributed by atoms with Crippen LogP contribution in [-0.4, -0.2) is 17.4 Å². The molecule has 1 amide bonds. The zero-order valence-corrected chi connectivity index (χ0v) is 11.2. The zero-order chi connectivity index (χ0) is 11.9. The first-order valence-corrected chi connectivity index (χ1v) is 6.65. The summed E-state index contributed by atoms with van der Waals surface area (Å²) in [6.07, 6.45) is 0. The van der Waals surface area contributed by atoms with Crippen LogP contribution >= 0.6 is 11.3 Å². The minimum atomic E-state index is 0.0959. The number of likely N-dealkylation sites (tertiary alicyclic amines) is 1. The Hall–Kier alpha value is -0.830. The average molecular weight is 237 g/mol. The van der Waals surface area contributed by atoms with Gasteiger partial charge < -0.3 is 4.90 Å². The Kier molecular flexibility index (Phi) is 2.82. The Morgan fingerprint density at radius 2 is 2.25 bits per heavy atom. The van der Waals surface area contributed by atoms with Crippen molar-refractivity contribution in [2.75, 3.05) is 6.54 Å². The predicted octanol–water partition coefficient (Wildman–Crippen LogP) is 3.31. The van der Waals surface area contributed by atoms with Gasteiger partial charge in [0, 0.05) is 22.8 Å². The number of carbonyl (C=O) groups excluding carboxylic acids is 1. The lowest BCUT2D eigenvalue weighted by Crippen LogP contribution is -2.58. The summed E-state index contributed by atoms with van der Waals surface area (Å²) in [7, 11) is 0. The van der Waals surface area contributed by atoms with Crippen LogP contribution in [0.1, 0.15) is 38.6 Å². The number of hydrogen-bond acceptors (Lipinski definition) is 2. The Balaban J connectivity index is 2.22. The van der Waals surface area contributed by atoms with Gasteiger partial charge in [-0.2, -0.15) is 0 Å². The van der Waals surface area contributed by atoms with E-state index in [-0.39, 0.29) is 23.3 Å². The quantitative estimate of drug-likeness (QED) is 0.772. The van der Waals surface area contributed by atoms with Crippen LogP contribution < -0.4 is 0 Å². The second-order valence-corrected chi connectivity index (χ2v) is 6.51. The van der Waals surface area contributed by atoms with Crippen molar-refractivity contribution >= 4 is 17.2 Å². The highest BCUT2D eigenvalue weighted by molar-refractivity contribution is 7.10. The number of carbonyl (C=O) groups is 1. The molecule has 1 aliphatic rings. The summed E-state index contributed by atoms with van der Waals surface area (Å²) in [5.41, 5.74) is 0.218. The third kappa shape index (κ3) is 1.77. The summed E-state index contributed by atoms with van der Waals surface area (Å²) in [4.78, 5) is 15.4. The van der Waals surface area contributed by atoms with Gasteiger partial charge in [-0.1, -0.05) is 33.8 Å². The monoisotopic (exact) mass is 237 g/mol. The van der Waals surface area contributed by atoms with Crippen molar-refractivity contribution in [3.63, 3.8) is 0 Å². The van der Waals surface area contributed by atoms with E-state index in [1.54, 1.807) is 11.3 Å². The Morgan fingerprint density at radius 3 is 2.69 bits per heavy atom. The van der Waals surface area contributed by atoms with Crippen LogP contribution in [0.5, 0.6) is 0 Å². The molecule has 1 aliphatic heterocycles. The molecule has 0 radical (unpaired) electrons. The second kappa shape index (κ2) is 3.88. The smallest absolute Gasteiger partial charge is 0.225 e. The zero-order valence-electron chi connectivity index (χ0n) is 10.4. The highest BCUT2D eigenvalue weighted by atomic mass is 32.1. The van der Waals surface area contributed by atoms with E-state index in [9.17, 15) is 4.79 Å². The fourth-order valence-electron chi connectivity index (χ4n) is 2.45. The highest BCUT2D eigenvalue weighted by Crippen LogP contribution is 2.49. The van der Waals surface area contributed by atoms with Crippen molar-refractivity contribution < 1.29 is 4.79 Å². The molecule has 0 aromatic carbocycles. The third-order valence-corrected chi connectivity index (χ3v) is 4.14. The molecular weight excluding hydrogens is 218 g/mol. The summed E-state index contributed by atoms with van der Waals surface area (Å²) >= 11 is 1.75. The molecule has 2 rings (SSSR count). The third-order valence-electron chi connectivity index (χ3n) is 3.22. The molecule has 0 spiro atoms. The molecular formula is C13H19NOS. The van der Waals surface area contributed by atoms with Gasteiger partial charge in [0.1, 0.15) is 0 Å². The fraction of sp³-hybridized carbons (Fsp3) is 0.615. The topological polar surface area (TPSA) is 20.3 Å². The van der Waals surface area contributed by atoms with Crippen LogP contribution in [0.3, 0.4) is 0 Å². The largest absolute Gasteiger partial charge is 0.333 e. The Labute approximate surface area is 101 Å². The molecule has 0 saturated carbocycles. The first-order chi connectivity index (χ1) is 7.43. The minimum Gasteiger partial charge on any atom is -0.333 e. The molecule has 1 aromatic rings. The van der Waals surface area contributed by atoms with Gasteiger partial charge in [0.2, 0.25) is 5.91 Å². The van der Waals surface area contributed by atoms with Crippen molar-refractivity contribution in [2.45, 2.75) is 33.7 Å². The molecule has 1 unspecified atom stereocenters. The van der Waals surface area contributed by atoms with E-state index < -0.39 is 0 Å². The maximum absolute atomic E-state index is 12.0. The summed E-state index contributed by atoms with van der Waals surface area (Å²) in [6.45, 7) is 9.30. The lowest BCUT2D eigenvalue weighted by Gasteiger charge is -2.54. The maximum atomic E-state index is 12.0. The van der Waals surface area contributed by atoms with Gasteiger partial charge in [-0.3, -0.25) is 4.79 Å². The SMILES string of the molecule is CC(C)C(=O)N1CC(C)(C)C1c1cccs1. The highest BCUT2D eigenvalue weighted by Gasteiger charge is 2.49. The molecule has 2 heterocycles. The van der Waals surface area contributed by atoms with Crippen LogP contribution in [0, 0.1) is 11.3 Å². The van der Waals surface area contributed by atoms with E-state index in [1.807, 2.05) is 18.7 Å². The van der Waals surface area contributed by atoms with Crippen LogP contribution in [0.4, 0.5) is 0 Å². The molecule has 16 heavy (non-hydrogen) atoms. The normalized spacial score (nSPS) is 23.3. The second-order valence-electron chi connectivity index (χ2n) is 5.53.